The van der Waals surface area contributed by atoms with Crippen LogP contribution < -0.4 is 14.4 Å². The van der Waals surface area contributed by atoms with Gasteiger partial charge in [0.15, 0.2) is 0 Å². The van der Waals surface area contributed by atoms with Crippen LogP contribution in [0.2, 0.25) is 0 Å². The number of carbonyl (C=O) groups is 2. The van der Waals surface area contributed by atoms with E-state index in [1.165, 1.54) is 0 Å². The number of halogens is 3. The quantitative estimate of drug-likeness (QED) is 0.534. The number of hydrogen-bond acceptors (Lipinski definition) is 7. The van der Waals surface area contributed by atoms with Crippen molar-refractivity contribution in [3.63, 3.8) is 0 Å². The van der Waals surface area contributed by atoms with Crippen LogP contribution in [0.1, 0.15) is 29.6 Å². The first-order chi connectivity index (χ1) is 18.1. The molecule has 2 aromatic carbocycles. The molecule has 12 heteroatoms. The van der Waals surface area contributed by atoms with E-state index in [-0.39, 0.29) is 11.4 Å². The van der Waals surface area contributed by atoms with E-state index in [1.54, 1.807) is 38.7 Å². The molecule has 1 spiro atoms. The summed E-state index contributed by atoms with van der Waals surface area (Å²) in [7, 11) is 3.19. The second-order valence-electron chi connectivity index (χ2n) is 9.04. The average Bonchev–Trinajstić information content (AvgIpc) is 2.91. The van der Waals surface area contributed by atoms with Crippen molar-refractivity contribution in [2.75, 3.05) is 38.8 Å². The van der Waals surface area contributed by atoms with Gasteiger partial charge in [0.25, 0.3) is 5.91 Å². The molecule has 0 radical (unpaired) electrons. The van der Waals surface area contributed by atoms with Crippen molar-refractivity contribution >= 4 is 28.6 Å². The van der Waals surface area contributed by atoms with Gasteiger partial charge in [0.05, 0.1) is 30.8 Å². The molecule has 0 bridgehead atoms. The molecule has 38 heavy (non-hydrogen) atoms. The highest BCUT2D eigenvalue weighted by atomic mass is 19.4. The smallest absolute Gasteiger partial charge is 0.490 e. The fourth-order valence-corrected chi connectivity index (χ4v) is 4.94. The standard InChI is InChI=1S/C24H26N4O3.C2HF3O2/c1-30-17-8-9-21(31-2)19(14-17)23(29)27-12-5-10-24(15-27)11-13-28(24)22-18-6-3-4-7-20(18)25-16-26-22;3-2(4,5)1(6)7/h3-4,6-9,14,16H,5,10-13,15H2,1-2H3;(H,6,7). The molecular weight excluding hydrogens is 505 g/mol. The minimum atomic E-state index is -5.08. The lowest BCUT2D eigenvalue weighted by atomic mass is 9.77. The van der Waals surface area contributed by atoms with Crippen LogP contribution in [0.25, 0.3) is 10.9 Å². The van der Waals surface area contributed by atoms with Crippen molar-refractivity contribution in [2.45, 2.75) is 31.0 Å². The first kappa shape index (κ1) is 27.0. The van der Waals surface area contributed by atoms with Gasteiger partial charge < -0.3 is 24.4 Å². The summed E-state index contributed by atoms with van der Waals surface area (Å²) < 4.78 is 42.5. The predicted molar refractivity (Wildman–Crippen MR) is 133 cm³/mol. The molecule has 2 aliphatic rings. The number of aromatic nitrogens is 2. The molecular formula is C26H27F3N4O5. The van der Waals surface area contributed by atoms with Crippen molar-refractivity contribution in [3.8, 4) is 11.5 Å². The van der Waals surface area contributed by atoms with Crippen LogP contribution in [-0.2, 0) is 4.79 Å². The molecule has 5 rings (SSSR count). The van der Waals surface area contributed by atoms with E-state index in [4.69, 9.17) is 19.4 Å². The van der Waals surface area contributed by atoms with Gasteiger partial charge in [-0.3, -0.25) is 4.79 Å². The summed E-state index contributed by atoms with van der Waals surface area (Å²) in [6.07, 6.45) is -0.400. The number of para-hydroxylation sites is 1. The highest BCUT2D eigenvalue weighted by Gasteiger charge is 2.49. The largest absolute Gasteiger partial charge is 0.497 e. The third-order valence-corrected chi connectivity index (χ3v) is 6.87. The SMILES string of the molecule is COc1ccc(OC)c(C(=O)N2CCCC3(CCN3c3ncnc4ccccc34)C2)c1.O=C(O)C(F)(F)F. The Labute approximate surface area is 216 Å². The topological polar surface area (TPSA) is 105 Å². The number of carboxylic acid groups (broad SMARTS) is 1. The Balaban J connectivity index is 0.000000426. The number of nitrogens with zero attached hydrogens (tertiary/aromatic N) is 4. The van der Waals surface area contributed by atoms with Crippen molar-refractivity contribution in [1.29, 1.82) is 0 Å². The maximum Gasteiger partial charge on any atom is 0.490 e. The third kappa shape index (κ3) is 5.29. The lowest BCUT2D eigenvalue weighted by Gasteiger charge is -2.57. The van der Waals surface area contributed by atoms with Crippen molar-refractivity contribution in [3.05, 3.63) is 54.4 Å². The Kier molecular flexibility index (Phi) is 7.61. The van der Waals surface area contributed by atoms with E-state index in [2.05, 4.69) is 20.9 Å². The second-order valence-corrected chi connectivity index (χ2v) is 9.04. The van der Waals surface area contributed by atoms with Gasteiger partial charge in [-0.25, -0.2) is 14.8 Å². The number of benzene rings is 2. The Morgan fingerprint density at radius 2 is 1.76 bits per heavy atom. The number of ether oxygens (including phenoxy) is 2. The minimum absolute atomic E-state index is 0.0192. The Morgan fingerprint density at radius 3 is 2.39 bits per heavy atom. The first-order valence-electron chi connectivity index (χ1n) is 11.9. The van der Waals surface area contributed by atoms with Crippen LogP contribution in [0.5, 0.6) is 11.5 Å². The number of carbonyl (C=O) groups excluding carboxylic acids is 1. The number of piperidine rings is 1. The van der Waals surface area contributed by atoms with Gasteiger partial charge >= 0.3 is 12.1 Å². The summed E-state index contributed by atoms with van der Waals surface area (Å²) >= 11 is 0. The molecule has 0 aliphatic carbocycles. The monoisotopic (exact) mass is 532 g/mol. The second kappa shape index (κ2) is 10.7. The van der Waals surface area contributed by atoms with Gasteiger partial charge in [-0.2, -0.15) is 13.2 Å². The molecule has 1 atom stereocenters. The molecule has 2 aliphatic heterocycles. The van der Waals surface area contributed by atoms with Crippen molar-refractivity contribution in [2.24, 2.45) is 0 Å². The molecule has 2 saturated heterocycles. The molecule has 1 unspecified atom stereocenters. The molecule has 3 heterocycles. The van der Waals surface area contributed by atoms with Crippen LogP contribution in [0.3, 0.4) is 0 Å². The Hall–Kier alpha value is -4.09. The fraction of sp³-hybridized carbons (Fsp3) is 0.385. The summed E-state index contributed by atoms with van der Waals surface area (Å²) in [5.74, 6) is -0.599. The summed E-state index contributed by atoms with van der Waals surface area (Å²) in [5, 5.41) is 8.18. The van der Waals surface area contributed by atoms with Crippen LogP contribution in [-0.4, -0.2) is 77.4 Å². The molecule has 2 fully saturated rings. The lowest BCUT2D eigenvalue weighted by Crippen LogP contribution is -2.68. The highest BCUT2D eigenvalue weighted by molar-refractivity contribution is 5.97. The Morgan fingerprint density at radius 1 is 1.03 bits per heavy atom. The number of fused-ring (bicyclic) bond motifs is 1. The molecule has 3 aromatic rings. The van der Waals surface area contributed by atoms with E-state index < -0.39 is 12.1 Å². The predicted octanol–water partition coefficient (Wildman–Crippen LogP) is 4.17. The number of carboxylic acids is 1. The number of methoxy groups -OCH3 is 2. The maximum absolute atomic E-state index is 13.5. The van der Waals surface area contributed by atoms with Gasteiger partial charge in [0, 0.05) is 25.0 Å². The summed E-state index contributed by atoms with van der Waals surface area (Å²) in [4.78, 5) is 35.7. The van der Waals surface area contributed by atoms with Crippen LogP contribution >= 0.6 is 0 Å². The van der Waals surface area contributed by atoms with Crippen LogP contribution in [0.4, 0.5) is 19.0 Å². The zero-order chi connectivity index (χ0) is 27.5. The lowest BCUT2D eigenvalue weighted by molar-refractivity contribution is -0.192. The van der Waals surface area contributed by atoms with E-state index in [0.717, 1.165) is 49.1 Å². The van der Waals surface area contributed by atoms with Gasteiger partial charge in [0.1, 0.15) is 23.6 Å². The molecule has 1 N–H and O–H groups in total. The molecule has 1 aromatic heterocycles. The van der Waals surface area contributed by atoms with E-state index in [1.807, 2.05) is 23.1 Å². The molecule has 202 valence electrons. The van der Waals surface area contributed by atoms with Gasteiger partial charge in [0.2, 0.25) is 0 Å². The fourth-order valence-electron chi connectivity index (χ4n) is 4.94. The van der Waals surface area contributed by atoms with E-state index in [9.17, 15) is 18.0 Å². The van der Waals surface area contributed by atoms with Gasteiger partial charge in [-0.1, -0.05) is 12.1 Å². The van der Waals surface area contributed by atoms with E-state index in [0.29, 0.717) is 23.6 Å². The summed E-state index contributed by atoms with van der Waals surface area (Å²) in [5.41, 5.74) is 1.40. The molecule has 0 saturated carbocycles. The van der Waals surface area contributed by atoms with Gasteiger partial charge in [-0.05, 0) is 49.6 Å². The zero-order valence-corrected chi connectivity index (χ0v) is 20.9. The number of alkyl halides is 3. The van der Waals surface area contributed by atoms with Crippen molar-refractivity contribution in [1.82, 2.24) is 14.9 Å². The maximum atomic E-state index is 13.5. The van der Waals surface area contributed by atoms with Gasteiger partial charge in [-0.15, -0.1) is 0 Å². The normalized spacial score (nSPS) is 18.9. The first-order valence-corrected chi connectivity index (χ1v) is 11.9. The number of amides is 1. The minimum Gasteiger partial charge on any atom is -0.497 e. The molecule has 9 nitrogen and oxygen atoms in total. The van der Waals surface area contributed by atoms with E-state index >= 15 is 0 Å². The number of hydrogen-bond donors (Lipinski definition) is 1. The zero-order valence-electron chi connectivity index (χ0n) is 20.9. The molecule has 1 amide bonds. The number of anilines is 1. The van der Waals surface area contributed by atoms with Crippen LogP contribution in [0.15, 0.2) is 48.8 Å². The van der Waals surface area contributed by atoms with Crippen LogP contribution in [0, 0.1) is 0 Å². The third-order valence-electron chi connectivity index (χ3n) is 6.87. The highest BCUT2D eigenvalue weighted by Crippen LogP contribution is 2.43. The van der Waals surface area contributed by atoms with Crippen molar-refractivity contribution < 1.29 is 37.3 Å². The summed E-state index contributed by atoms with van der Waals surface area (Å²) in [6.45, 7) is 2.34. The number of aliphatic carboxylic acids is 1. The average molecular weight is 533 g/mol. The Bertz CT molecular complexity index is 1330. The summed E-state index contributed by atoms with van der Waals surface area (Å²) in [6, 6.07) is 13.5. The number of rotatable bonds is 4. The number of likely N-dealkylation sites (tertiary alicyclic amines) is 1.